The minimum absolute atomic E-state index is 0.0812. The molecule has 0 unspecified atom stereocenters. The minimum Gasteiger partial charge on any atom is -0.480 e. The summed E-state index contributed by atoms with van der Waals surface area (Å²) in [6.45, 7) is 11.1. The molecule has 0 aromatic carbocycles. The molecule has 0 atom stereocenters. The summed E-state index contributed by atoms with van der Waals surface area (Å²) in [7, 11) is 0. The SMILES string of the molecule is Cc1cc(CN(CC(=O)O)C(C)(C)C)c(C)s1. The van der Waals surface area contributed by atoms with Gasteiger partial charge in [0.05, 0.1) is 6.54 Å². The van der Waals surface area contributed by atoms with Crippen LogP contribution in [0.2, 0.25) is 0 Å². The van der Waals surface area contributed by atoms with E-state index >= 15 is 0 Å². The van der Waals surface area contributed by atoms with E-state index in [4.69, 9.17) is 5.11 Å². The molecule has 0 aliphatic rings. The van der Waals surface area contributed by atoms with Crippen LogP contribution in [-0.4, -0.2) is 28.1 Å². The lowest BCUT2D eigenvalue weighted by atomic mass is 10.0. The van der Waals surface area contributed by atoms with Crippen LogP contribution in [0.5, 0.6) is 0 Å². The first-order chi connectivity index (χ1) is 7.70. The van der Waals surface area contributed by atoms with Crippen LogP contribution in [0.1, 0.15) is 36.1 Å². The Bertz CT molecular complexity index is 404. The van der Waals surface area contributed by atoms with Gasteiger partial charge < -0.3 is 5.11 Å². The molecule has 0 bridgehead atoms. The lowest BCUT2D eigenvalue weighted by molar-refractivity contribution is -0.139. The molecule has 1 rings (SSSR count). The number of hydrogen-bond acceptors (Lipinski definition) is 3. The van der Waals surface area contributed by atoms with Crippen molar-refractivity contribution < 1.29 is 9.90 Å². The third-order valence-electron chi connectivity index (χ3n) is 2.78. The zero-order valence-electron chi connectivity index (χ0n) is 11.2. The molecule has 1 N–H and O–H groups in total. The number of rotatable bonds is 4. The molecular formula is C13H21NO2S. The monoisotopic (exact) mass is 255 g/mol. The summed E-state index contributed by atoms with van der Waals surface area (Å²) in [5, 5.41) is 8.96. The van der Waals surface area contributed by atoms with Crippen molar-refractivity contribution in [2.24, 2.45) is 0 Å². The van der Waals surface area contributed by atoms with E-state index in [0.717, 1.165) is 0 Å². The molecule has 17 heavy (non-hydrogen) atoms. The van der Waals surface area contributed by atoms with Crippen molar-refractivity contribution in [3.63, 3.8) is 0 Å². The van der Waals surface area contributed by atoms with Gasteiger partial charge in [-0.2, -0.15) is 0 Å². The maximum atomic E-state index is 10.9. The molecule has 0 fully saturated rings. The van der Waals surface area contributed by atoms with E-state index in [-0.39, 0.29) is 12.1 Å². The van der Waals surface area contributed by atoms with Gasteiger partial charge in [0.1, 0.15) is 0 Å². The molecular weight excluding hydrogens is 234 g/mol. The van der Waals surface area contributed by atoms with E-state index in [1.807, 2.05) is 25.7 Å². The van der Waals surface area contributed by atoms with Gasteiger partial charge in [0.25, 0.3) is 0 Å². The van der Waals surface area contributed by atoms with Gasteiger partial charge in [-0.25, -0.2) is 0 Å². The fourth-order valence-electron chi connectivity index (χ4n) is 1.74. The third kappa shape index (κ3) is 4.13. The van der Waals surface area contributed by atoms with Crippen molar-refractivity contribution in [3.8, 4) is 0 Å². The smallest absolute Gasteiger partial charge is 0.317 e. The predicted molar refractivity (Wildman–Crippen MR) is 71.6 cm³/mol. The molecule has 0 spiro atoms. The van der Waals surface area contributed by atoms with Crippen LogP contribution in [-0.2, 0) is 11.3 Å². The zero-order chi connectivity index (χ0) is 13.2. The van der Waals surface area contributed by atoms with Gasteiger partial charge >= 0.3 is 5.97 Å². The summed E-state index contributed by atoms with van der Waals surface area (Å²) in [6.07, 6.45) is 0. The maximum Gasteiger partial charge on any atom is 0.317 e. The molecule has 96 valence electrons. The Kier molecular flexibility index (Phi) is 4.33. The van der Waals surface area contributed by atoms with Crippen molar-refractivity contribution in [2.45, 2.75) is 46.7 Å². The standard InChI is InChI=1S/C13H21NO2S/c1-9-6-11(10(2)17-9)7-14(8-12(15)16)13(3,4)5/h6H,7-8H2,1-5H3,(H,15,16). The first kappa shape index (κ1) is 14.2. The van der Waals surface area contributed by atoms with Gasteiger partial charge in [0.2, 0.25) is 0 Å². The molecule has 0 aliphatic heterocycles. The average molecular weight is 255 g/mol. The lowest BCUT2D eigenvalue weighted by Crippen LogP contribution is -2.43. The second kappa shape index (κ2) is 5.19. The third-order valence-corrected chi connectivity index (χ3v) is 3.79. The first-order valence-electron chi connectivity index (χ1n) is 5.73. The van der Waals surface area contributed by atoms with E-state index in [0.29, 0.717) is 6.54 Å². The van der Waals surface area contributed by atoms with Crippen LogP contribution in [0, 0.1) is 13.8 Å². The van der Waals surface area contributed by atoms with E-state index in [1.54, 1.807) is 11.3 Å². The van der Waals surface area contributed by atoms with Crippen LogP contribution < -0.4 is 0 Å². The summed E-state index contributed by atoms with van der Waals surface area (Å²) in [5.41, 5.74) is 1.10. The number of carbonyl (C=O) groups is 1. The van der Waals surface area contributed by atoms with E-state index in [9.17, 15) is 4.79 Å². The van der Waals surface area contributed by atoms with Crippen molar-refractivity contribution in [2.75, 3.05) is 6.54 Å². The van der Waals surface area contributed by atoms with Crippen LogP contribution in [0.3, 0.4) is 0 Å². The fourth-order valence-corrected chi connectivity index (χ4v) is 2.68. The van der Waals surface area contributed by atoms with Crippen LogP contribution in [0.4, 0.5) is 0 Å². The minimum atomic E-state index is -0.774. The lowest BCUT2D eigenvalue weighted by Gasteiger charge is -2.34. The summed E-state index contributed by atoms with van der Waals surface area (Å²) in [4.78, 5) is 15.4. The highest BCUT2D eigenvalue weighted by atomic mass is 32.1. The maximum absolute atomic E-state index is 10.9. The summed E-state index contributed by atoms with van der Waals surface area (Å²) < 4.78 is 0. The van der Waals surface area contributed by atoms with Crippen LogP contribution >= 0.6 is 11.3 Å². The quantitative estimate of drug-likeness (QED) is 0.899. The highest BCUT2D eigenvalue weighted by Gasteiger charge is 2.24. The molecule has 0 radical (unpaired) electrons. The molecule has 1 heterocycles. The number of aliphatic carboxylic acids is 1. The highest BCUT2D eigenvalue weighted by molar-refractivity contribution is 7.12. The second-order valence-electron chi connectivity index (χ2n) is 5.36. The number of aryl methyl sites for hydroxylation is 2. The number of thiophene rings is 1. The summed E-state index contributed by atoms with van der Waals surface area (Å²) >= 11 is 1.77. The first-order valence-corrected chi connectivity index (χ1v) is 6.54. The summed E-state index contributed by atoms with van der Waals surface area (Å²) in [5.74, 6) is -0.774. The van der Waals surface area contributed by atoms with Gasteiger partial charge in [-0.3, -0.25) is 9.69 Å². The van der Waals surface area contributed by atoms with E-state index < -0.39 is 5.97 Å². The molecule has 0 saturated carbocycles. The Hall–Kier alpha value is -0.870. The Morgan fingerprint density at radius 2 is 2.00 bits per heavy atom. The number of nitrogens with zero attached hydrogens (tertiary/aromatic N) is 1. The molecule has 0 saturated heterocycles. The Morgan fingerprint density at radius 3 is 2.35 bits per heavy atom. The van der Waals surface area contributed by atoms with Gasteiger partial charge in [0, 0.05) is 21.8 Å². The molecule has 4 heteroatoms. The average Bonchev–Trinajstić information content (AvgIpc) is 2.41. The molecule has 1 aromatic rings. The zero-order valence-corrected chi connectivity index (χ0v) is 12.0. The largest absolute Gasteiger partial charge is 0.480 e. The summed E-state index contributed by atoms with van der Waals surface area (Å²) in [6, 6.07) is 2.15. The van der Waals surface area contributed by atoms with Crippen LogP contribution in [0.15, 0.2) is 6.07 Å². The number of carboxylic acids is 1. The van der Waals surface area contributed by atoms with Crippen LogP contribution in [0.25, 0.3) is 0 Å². The Balaban J connectivity index is 2.86. The van der Waals surface area contributed by atoms with E-state index in [1.165, 1.54) is 15.3 Å². The van der Waals surface area contributed by atoms with E-state index in [2.05, 4.69) is 19.9 Å². The topological polar surface area (TPSA) is 40.5 Å². The van der Waals surface area contributed by atoms with Gasteiger partial charge in [0.15, 0.2) is 0 Å². The normalized spacial score (nSPS) is 12.1. The van der Waals surface area contributed by atoms with Crippen molar-refractivity contribution >= 4 is 17.3 Å². The van der Waals surface area contributed by atoms with Gasteiger partial charge in [-0.15, -0.1) is 11.3 Å². The van der Waals surface area contributed by atoms with Crippen molar-refractivity contribution in [1.82, 2.24) is 4.90 Å². The molecule has 0 aliphatic carbocycles. The predicted octanol–water partition coefficient (Wildman–Crippen LogP) is 3.05. The number of hydrogen-bond donors (Lipinski definition) is 1. The molecule has 3 nitrogen and oxygen atoms in total. The molecule has 0 amide bonds. The van der Waals surface area contributed by atoms with Gasteiger partial charge in [-0.05, 0) is 46.2 Å². The fraction of sp³-hybridized carbons (Fsp3) is 0.615. The van der Waals surface area contributed by atoms with Crippen molar-refractivity contribution in [3.05, 3.63) is 21.4 Å². The highest BCUT2D eigenvalue weighted by Crippen LogP contribution is 2.24. The second-order valence-corrected chi connectivity index (χ2v) is 6.82. The Morgan fingerprint density at radius 1 is 1.41 bits per heavy atom. The Labute approximate surface area is 107 Å². The molecule has 1 aromatic heterocycles. The van der Waals surface area contributed by atoms with Gasteiger partial charge in [-0.1, -0.05) is 0 Å². The number of carboxylic acid groups (broad SMARTS) is 1. The van der Waals surface area contributed by atoms with Crippen molar-refractivity contribution in [1.29, 1.82) is 0 Å².